The highest BCUT2D eigenvalue weighted by molar-refractivity contribution is 14.1. The van der Waals surface area contributed by atoms with Crippen molar-refractivity contribution < 1.29 is 4.79 Å². The molecule has 106 valence electrons. The highest BCUT2D eigenvalue weighted by Crippen LogP contribution is 2.09. The van der Waals surface area contributed by atoms with E-state index in [9.17, 15) is 4.79 Å². The fourth-order valence-corrected chi connectivity index (χ4v) is 2.33. The number of hydrogen-bond acceptors (Lipinski definition) is 1. The van der Waals surface area contributed by atoms with E-state index < -0.39 is 0 Å². The number of aryl methyl sites for hydroxylation is 1. The Bertz CT molecular complexity index is 362. The van der Waals surface area contributed by atoms with Gasteiger partial charge in [-0.15, -0.1) is 0 Å². The van der Waals surface area contributed by atoms with Gasteiger partial charge in [-0.05, 0) is 59.5 Å². The van der Waals surface area contributed by atoms with E-state index in [4.69, 9.17) is 0 Å². The van der Waals surface area contributed by atoms with E-state index in [1.54, 1.807) is 0 Å². The van der Waals surface area contributed by atoms with E-state index in [0.717, 1.165) is 25.8 Å². The maximum atomic E-state index is 11.6. The fourth-order valence-electron chi connectivity index (χ4n) is 1.97. The van der Waals surface area contributed by atoms with E-state index in [1.165, 1.54) is 28.4 Å². The van der Waals surface area contributed by atoms with Gasteiger partial charge in [0.25, 0.3) is 0 Å². The molecule has 0 aromatic heterocycles. The molecular weight excluding hydrogens is 349 g/mol. The lowest BCUT2D eigenvalue weighted by molar-refractivity contribution is -0.121. The van der Waals surface area contributed by atoms with E-state index >= 15 is 0 Å². The maximum Gasteiger partial charge on any atom is 0.220 e. The number of carbonyl (C=O) groups excluding carboxylic acids is 1. The monoisotopic (exact) mass is 373 g/mol. The smallest absolute Gasteiger partial charge is 0.220 e. The van der Waals surface area contributed by atoms with Crippen LogP contribution in [0.3, 0.4) is 0 Å². The van der Waals surface area contributed by atoms with Crippen molar-refractivity contribution in [3.05, 3.63) is 33.4 Å². The zero-order valence-electron chi connectivity index (χ0n) is 11.8. The number of halogens is 1. The normalized spacial score (nSPS) is 10.4. The van der Waals surface area contributed by atoms with Crippen LogP contribution in [0.15, 0.2) is 24.3 Å². The second kappa shape index (κ2) is 10.2. The summed E-state index contributed by atoms with van der Waals surface area (Å²) in [5, 5.41) is 3.00. The molecule has 1 aromatic rings. The summed E-state index contributed by atoms with van der Waals surface area (Å²) in [7, 11) is 0. The van der Waals surface area contributed by atoms with Gasteiger partial charge in [0.15, 0.2) is 0 Å². The second-order valence-corrected chi connectivity index (χ2v) is 6.14. The minimum atomic E-state index is 0.196. The number of unbranched alkanes of at least 4 members (excludes halogenated alkanes) is 3. The summed E-state index contributed by atoms with van der Waals surface area (Å²) in [4.78, 5) is 11.6. The Morgan fingerprint density at radius 2 is 1.84 bits per heavy atom. The molecule has 1 amide bonds. The molecular formula is C16H24INO. The molecule has 0 radical (unpaired) electrons. The highest BCUT2D eigenvalue weighted by atomic mass is 127. The van der Waals surface area contributed by atoms with Crippen LogP contribution in [0.4, 0.5) is 0 Å². The van der Waals surface area contributed by atoms with Crippen LogP contribution in [0.2, 0.25) is 0 Å². The summed E-state index contributed by atoms with van der Waals surface area (Å²) < 4.78 is 1.26. The maximum absolute atomic E-state index is 11.6. The first kappa shape index (κ1) is 16.5. The number of hydrogen-bond donors (Lipinski definition) is 1. The molecule has 0 aliphatic heterocycles. The average Bonchev–Trinajstić information content (AvgIpc) is 2.41. The fraction of sp³-hybridized carbons (Fsp3) is 0.562. The van der Waals surface area contributed by atoms with Gasteiger partial charge < -0.3 is 5.32 Å². The first-order valence-electron chi connectivity index (χ1n) is 7.23. The second-order valence-electron chi connectivity index (χ2n) is 4.89. The molecule has 0 aliphatic carbocycles. The SMILES string of the molecule is CCCCCCNC(=O)CCCc1ccc(I)cc1. The Kier molecular flexibility index (Phi) is 8.88. The summed E-state index contributed by atoms with van der Waals surface area (Å²) in [6.45, 7) is 3.03. The topological polar surface area (TPSA) is 29.1 Å². The van der Waals surface area contributed by atoms with Gasteiger partial charge in [0.05, 0.1) is 0 Å². The molecule has 1 rings (SSSR count). The van der Waals surface area contributed by atoms with Crippen molar-refractivity contribution in [2.45, 2.75) is 51.9 Å². The van der Waals surface area contributed by atoms with Crippen LogP contribution < -0.4 is 5.32 Å². The van der Waals surface area contributed by atoms with Gasteiger partial charge in [-0.3, -0.25) is 4.79 Å². The Morgan fingerprint density at radius 1 is 1.11 bits per heavy atom. The lowest BCUT2D eigenvalue weighted by atomic mass is 10.1. The van der Waals surface area contributed by atoms with Gasteiger partial charge in [0.2, 0.25) is 5.91 Å². The average molecular weight is 373 g/mol. The minimum Gasteiger partial charge on any atom is -0.356 e. The Hall–Kier alpha value is -0.580. The summed E-state index contributed by atoms with van der Waals surface area (Å²) in [6, 6.07) is 8.52. The molecule has 19 heavy (non-hydrogen) atoms. The molecule has 0 aliphatic rings. The van der Waals surface area contributed by atoms with Crippen molar-refractivity contribution in [1.82, 2.24) is 5.32 Å². The number of carbonyl (C=O) groups is 1. The number of benzene rings is 1. The van der Waals surface area contributed by atoms with E-state index in [1.807, 2.05) is 0 Å². The lowest BCUT2D eigenvalue weighted by Gasteiger charge is -2.05. The van der Waals surface area contributed by atoms with Crippen LogP contribution in [0.1, 0.15) is 51.0 Å². The molecule has 2 nitrogen and oxygen atoms in total. The Balaban J connectivity index is 2.05. The Morgan fingerprint density at radius 3 is 2.53 bits per heavy atom. The zero-order valence-corrected chi connectivity index (χ0v) is 13.9. The standard InChI is InChI=1S/C16H24INO/c1-2-3-4-5-13-18-16(19)8-6-7-14-9-11-15(17)12-10-14/h9-12H,2-8,13H2,1H3,(H,18,19). The molecule has 0 atom stereocenters. The van der Waals surface area contributed by atoms with Crippen LogP contribution in [-0.4, -0.2) is 12.5 Å². The molecule has 0 saturated carbocycles. The van der Waals surface area contributed by atoms with Crippen molar-refractivity contribution >= 4 is 28.5 Å². The van der Waals surface area contributed by atoms with Crippen molar-refractivity contribution in [2.24, 2.45) is 0 Å². The lowest BCUT2D eigenvalue weighted by Crippen LogP contribution is -2.24. The third-order valence-electron chi connectivity index (χ3n) is 3.14. The van der Waals surface area contributed by atoms with Crippen LogP contribution in [0.25, 0.3) is 0 Å². The van der Waals surface area contributed by atoms with Gasteiger partial charge in [-0.1, -0.05) is 38.3 Å². The van der Waals surface area contributed by atoms with Crippen molar-refractivity contribution in [3.8, 4) is 0 Å². The first-order chi connectivity index (χ1) is 9.22. The van der Waals surface area contributed by atoms with E-state index in [2.05, 4.69) is 59.1 Å². The Labute approximate surface area is 130 Å². The van der Waals surface area contributed by atoms with Crippen LogP contribution in [0.5, 0.6) is 0 Å². The van der Waals surface area contributed by atoms with Gasteiger partial charge in [0.1, 0.15) is 0 Å². The van der Waals surface area contributed by atoms with Gasteiger partial charge in [-0.2, -0.15) is 0 Å². The van der Waals surface area contributed by atoms with Crippen LogP contribution >= 0.6 is 22.6 Å². The highest BCUT2D eigenvalue weighted by Gasteiger charge is 2.01. The molecule has 0 bridgehead atoms. The van der Waals surface area contributed by atoms with Crippen molar-refractivity contribution in [1.29, 1.82) is 0 Å². The number of nitrogens with one attached hydrogen (secondary N) is 1. The molecule has 0 spiro atoms. The van der Waals surface area contributed by atoms with Gasteiger partial charge in [0, 0.05) is 16.5 Å². The van der Waals surface area contributed by atoms with Crippen LogP contribution in [0, 0.1) is 3.57 Å². The number of rotatable bonds is 9. The number of amides is 1. The molecule has 0 heterocycles. The largest absolute Gasteiger partial charge is 0.356 e. The molecule has 1 N–H and O–H groups in total. The predicted octanol–water partition coefficient (Wildman–Crippen LogP) is 4.31. The molecule has 3 heteroatoms. The molecule has 1 aromatic carbocycles. The van der Waals surface area contributed by atoms with Crippen molar-refractivity contribution in [3.63, 3.8) is 0 Å². The van der Waals surface area contributed by atoms with Crippen LogP contribution in [-0.2, 0) is 11.2 Å². The quantitative estimate of drug-likeness (QED) is 0.507. The summed E-state index contributed by atoms with van der Waals surface area (Å²) >= 11 is 2.31. The zero-order chi connectivity index (χ0) is 13.9. The summed E-state index contributed by atoms with van der Waals surface area (Å²) in [5.74, 6) is 0.196. The van der Waals surface area contributed by atoms with Gasteiger partial charge >= 0.3 is 0 Å². The van der Waals surface area contributed by atoms with Crippen molar-refractivity contribution in [2.75, 3.05) is 6.54 Å². The third kappa shape index (κ3) is 8.24. The third-order valence-corrected chi connectivity index (χ3v) is 3.85. The summed E-state index contributed by atoms with van der Waals surface area (Å²) in [6.07, 6.45) is 7.39. The minimum absolute atomic E-state index is 0.196. The predicted molar refractivity (Wildman–Crippen MR) is 89.2 cm³/mol. The molecule has 0 saturated heterocycles. The molecule has 0 unspecified atom stereocenters. The van der Waals surface area contributed by atoms with E-state index in [-0.39, 0.29) is 5.91 Å². The first-order valence-corrected chi connectivity index (χ1v) is 8.31. The van der Waals surface area contributed by atoms with E-state index in [0.29, 0.717) is 6.42 Å². The van der Waals surface area contributed by atoms with Gasteiger partial charge in [-0.25, -0.2) is 0 Å². The summed E-state index contributed by atoms with van der Waals surface area (Å²) in [5.41, 5.74) is 1.32. The molecule has 0 fully saturated rings.